The standard InChI is InChI=1S/C27H32N8O2/c1-6-21-17-28-18-23(31-21)22-14-19(2)20(15-29-22)16-30-33-24-8-7-9-25(32-24)34-10-12-35(13-11-34)26(36)37-27(3,4)5/h6-9,14-18H,1,10-13H2,2-5H3,(H,32,33)/b30-16-. The first-order valence-electron chi connectivity index (χ1n) is 12.1. The van der Waals surface area contributed by atoms with Crippen molar-refractivity contribution in [3.05, 3.63) is 66.3 Å². The minimum absolute atomic E-state index is 0.277. The normalized spacial score (nSPS) is 14.1. The second-order valence-corrected chi connectivity index (χ2v) is 9.66. The molecule has 1 aliphatic rings. The molecule has 1 saturated heterocycles. The minimum Gasteiger partial charge on any atom is -0.444 e. The van der Waals surface area contributed by atoms with E-state index < -0.39 is 5.60 Å². The highest BCUT2D eigenvalue weighted by Gasteiger charge is 2.26. The summed E-state index contributed by atoms with van der Waals surface area (Å²) < 4.78 is 5.48. The first-order chi connectivity index (χ1) is 17.7. The Kier molecular flexibility index (Phi) is 7.76. The van der Waals surface area contributed by atoms with E-state index in [1.54, 1.807) is 35.8 Å². The molecule has 1 amide bonds. The van der Waals surface area contributed by atoms with Crippen molar-refractivity contribution >= 4 is 30.0 Å². The number of pyridine rings is 2. The molecule has 4 heterocycles. The molecule has 0 aromatic carbocycles. The van der Waals surface area contributed by atoms with Gasteiger partial charge < -0.3 is 14.5 Å². The number of carbonyl (C=O) groups excluding carboxylic acids is 1. The van der Waals surface area contributed by atoms with Crippen LogP contribution in [0.4, 0.5) is 16.4 Å². The van der Waals surface area contributed by atoms with Crippen LogP contribution in [0.5, 0.6) is 0 Å². The van der Waals surface area contributed by atoms with Crippen LogP contribution in [0.25, 0.3) is 17.5 Å². The topological polar surface area (TPSA) is 109 Å². The average molecular weight is 501 g/mol. The zero-order valence-electron chi connectivity index (χ0n) is 21.7. The van der Waals surface area contributed by atoms with Crippen LogP contribution in [0.2, 0.25) is 0 Å². The maximum absolute atomic E-state index is 12.3. The number of amides is 1. The van der Waals surface area contributed by atoms with Gasteiger partial charge in [0.1, 0.15) is 22.9 Å². The molecule has 10 heteroatoms. The number of carbonyl (C=O) groups is 1. The summed E-state index contributed by atoms with van der Waals surface area (Å²) >= 11 is 0. The first kappa shape index (κ1) is 25.7. The Hall–Kier alpha value is -4.34. The molecule has 0 unspecified atom stereocenters. The average Bonchev–Trinajstić information content (AvgIpc) is 2.89. The van der Waals surface area contributed by atoms with Crippen LogP contribution in [-0.2, 0) is 4.74 Å². The Morgan fingerprint density at radius 2 is 1.89 bits per heavy atom. The van der Waals surface area contributed by atoms with Crippen LogP contribution in [-0.4, -0.2) is 68.9 Å². The predicted molar refractivity (Wildman–Crippen MR) is 146 cm³/mol. The van der Waals surface area contributed by atoms with Crippen molar-refractivity contribution in [2.45, 2.75) is 33.3 Å². The van der Waals surface area contributed by atoms with Gasteiger partial charge in [-0.2, -0.15) is 5.10 Å². The highest BCUT2D eigenvalue weighted by molar-refractivity contribution is 5.82. The molecule has 10 nitrogen and oxygen atoms in total. The summed E-state index contributed by atoms with van der Waals surface area (Å²) in [4.78, 5) is 34.1. The molecule has 1 aliphatic heterocycles. The maximum atomic E-state index is 12.3. The first-order valence-corrected chi connectivity index (χ1v) is 12.1. The van der Waals surface area contributed by atoms with Gasteiger partial charge in [-0.25, -0.2) is 14.8 Å². The van der Waals surface area contributed by atoms with Gasteiger partial charge in [-0.3, -0.25) is 15.4 Å². The number of piperazine rings is 1. The van der Waals surface area contributed by atoms with Gasteiger partial charge in [-0.15, -0.1) is 0 Å². The van der Waals surface area contributed by atoms with Crippen molar-refractivity contribution in [2.24, 2.45) is 5.10 Å². The third kappa shape index (κ3) is 6.87. The number of aryl methyl sites for hydroxylation is 1. The number of nitrogens with zero attached hydrogens (tertiary/aromatic N) is 7. The number of hydrazone groups is 1. The number of anilines is 2. The van der Waals surface area contributed by atoms with Gasteiger partial charge in [0.25, 0.3) is 0 Å². The van der Waals surface area contributed by atoms with E-state index in [-0.39, 0.29) is 6.09 Å². The molecule has 3 aromatic rings. The summed E-state index contributed by atoms with van der Waals surface area (Å²) in [7, 11) is 0. The summed E-state index contributed by atoms with van der Waals surface area (Å²) in [6.45, 7) is 13.9. The molecular formula is C27H32N8O2. The van der Waals surface area contributed by atoms with Crippen molar-refractivity contribution in [3.63, 3.8) is 0 Å². The van der Waals surface area contributed by atoms with Crippen LogP contribution in [0.1, 0.15) is 37.6 Å². The minimum atomic E-state index is -0.501. The summed E-state index contributed by atoms with van der Waals surface area (Å²) in [5.74, 6) is 1.45. The van der Waals surface area contributed by atoms with Gasteiger partial charge in [0.15, 0.2) is 0 Å². The Morgan fingerprint density at radius 1 is 1.11 bits per heavy atom. The highest BCUT2D eigenvalue weighted by atomic mass is 16.6. The number of rotatable bonds is 6. The van der Waals surface area contributed by atoms with Crippen molar-refractivity contribution < 1.29 is 9.53 Å². The van der Waals surface area contributed by atoms with E-state index in [9.17, 15) is 4.79 Å². The molecule has 3 aromatic heterocycles. The molecule has 0 spiro atoms. The van der Waals surface area contributed by atoms with E-state index >= 15 is 0 Å². The van der Waals surface area contributed by atoms with E-state index in [4.69, 9.17) is 4.74 Å². The van der Waals surface area contributed by atoms with Crippen molar-refractivity contribution in [1.82, 2.24) is 24.8 Å². The summed E-state index contributed by atoms with van der Waals surface area (Å²) in [5, 5.41) is 4.35. The largest absolute Gasteiger partial charge is 0.444 e. The smallest absolute Gasteiger partial charge is 0.410 e. The third-order valence-corrected chi connectivity index (χ3v) is 5.65. The second-order valence-electron chi connectivity index (χ2n) is 9.66. The van der Waals surface area contributed by atoms with E-state index in [0.29, 0.717) is 43.4 Å². The molecule has 37 heavy (non-hydrogen) atoms. The number of ether oxygens (including phenoxy) is 1. The lowest BCUT2D eigenvalue weighted by Crippen LogP contribution is -2.50. The Morgan fingerprint density at radius 3 is 2.59 bits per heavy atom. The van der Waals surface area contributed by atoms with Gasteiger partial charge in [0.05, 0.1) is 30.0 Å². The van der Waals surface area contributed by atoms with Crippen LogP contribution in [0, 0.1) is 6.92 Å². The number of hydrogen-bond donors (Lipinski definition) is 1. The molecule has 0 radical (unpaired) electrons. The molecule has 0 atom stereocenters. The van der Waals surface area contributed by atoms with Crippen molar-refractivity contribution in [3.8, 4) is 11.4 Å². The SMILES string of the molecule is C=Cc1cncc(-c2cc(C)c(/C=N\Nc3cccc(N4CCN(C(=O)OC(C)(C)C)CC4)n3)cn2)n1. The van der Waals surface area contributed by atoms with Gasteiger partial charge in [0.2, 0.25) is 0 Å². The van der Waals surface area contributed by atoms with Gasteiger partial charge in [-0.05, 0) is 57.5 Å². The lowest BCUT2D eigenvalue weighted by Gasteiger charge is -2.36. The number of nitrogens with one attached hydrogen (secondary N) is 1. The zero-order valence-corrected chi connectivity index (χ0v) is 21.7. The molecule has 0 bridgehead atoms. The van der Waals surface area contributed by atoms with E-state index in [1.165, 1.54) is 0 Å². The highest BCUT2D eigenvalue weighted by Crippen LogP contribution is 2.19. The maximum Gasteiger partial charge on any atom is 0.410 e. The predicted octanol–water partition coefficient (Wildman–Crippen LogP) is 4.39. The van der Waals surface area contributed by atoms with E-state index in [2.05, 4.69) is 41.9 Å². The van der Waals surface area contributed by atoms with Crippen LogP contribution in [0.15, 0.2) is 54.5 Å². The molecule has 1 N–H and O–H groups in total. The summed E-state index contributed by atoms with van der Waals surface area (Å²) in [6.07, 6.45) is 8.19. The van der Waals surface area contributed by atoms with Gasteiger partial charge in [0, 0.05) is 37.9 Å². The van der Waals surface area contributed by atoms with E-state index in [0.717, 1.165) is 22.6 Å². The molecular weight excluding hydrogens is 468 g/mol. The van der Waals surface area contributed by atoms with Crippen LogP contribution in [0.3, 0.4) is 0 Å². The second kappa shape index (κ2) is 11.2. The Balaban J connectivity index is 1.35. The summed E-state index contributed by atoms with van der Waals surface area (Å²) in [6, 6.07) is 7.70. The Labute approximate surface area is 217 Å². The molecule has 1 fully saturated rings. The van der Waals surface area contributed by atoms with Crippen molar-refractivity contribution in [1.29, 1.82) is 0 Å². The fraction of sp³-hybridized carbons (Fsp3) is 0.333. The Bertz CT molecular complexity index is 1290. The van der Waals surface area contributed by atoms with E-state index in [1.807, 2.05) is 52.0 Å². The fourth-order valence-corrected chi connectivity index (χ4v) is 3.72. The zero-order chi connectivity index (χ0) is 26.4. The number of hydrogen-bond acceptors (Lipinski definition) is 9. The molecule has 0 aliphatic carbocycles. The fourth-order valence-electron chi connectivity index (χ4n) is 3.72. The quantitative estimate of drug-likeness (QED) is 0.392. The van der Waals surface area contributed by atoms with Crippen LogP contribution < -0.4 is 10.3 Å². The monoisotopic (exact) mass is 500 g/mol. The summed E-state index contributed by atoms with van der Waals surface area (Å²) in [5.41, 5.74) is 6.50. The number of aromatic nitrogens is 4. The molecule has 0 saturated carbocycles. The molecule has 192 valence electrons. The van der Waals surface area contributed by atoms with Crippen LogP contribution >= 0.6 is 0 Å². The van der Waals surface area contributed by atoms with Gasteiger partial charge >= 0.3 is 6.09 Å². The third-order valence-electron chi connectivity index (χ3n) is 5.65. The van der Waals surface area contributed by atoms with Gasteiger partial charge in [-0.1, -0.05) is 12.6 Å². The molecule has 4 rings (SSSR count). The lowest BCUT2D eigenvalue weighted by molar-refractivity contribution is 0.0240. The van der Waals surface area contributed by atoms with Crippen molar-refractivity contribution in [2.75, 3.05) is 36.5 Å². The lowest BCUT2D eigenvalue weighted by atomic mass is 10.1.